The van der Waals surface area contributed by atoms with Gasteiger partial charge in [0.25, 0.3) is 0 Å². The number of fused-ring (bicyclic) bond motifs is 1. The summed E-state index contributed by atoms with van der Waals surface area (Å²) in [5.74, 6) is -0.991. The van der Waals surface area contributed by atoms with Crippen molar-refractivity contribution in [3.05, 3.63) is 59.4 Å². The van der Waals surface area contributed by atoms with Crippen molar-refractivity contribution in [3.63, 3.8) is 0 Å². The highest BCUT2D eigenvalue weighted by Gasteiger charge is 2.23. The molecule has 0 saturated carbocycles. The van der Waals surface area contributed by atoms with Gasteiger partial charge >= 0.3 is 5.97 Å². The smallest absolute Gasteiger partial charge is 0.354 e. The molecular weight excluding hydrogens is 290 g/mol. The highest BCUT2D eigenvalue weighted by Crippen LogP contribution is 2.26. The van der Waals surface area contributed by atoms with Gasteiger partial charge in [-0.05, 0) is 30.2 Å². The zero-order valence-electron chi connectivity index (χ0n) is 13.4. The summed E-state index contributed by atoms with van der Waals surface area (Å²) in [6, 6.07) is 12.3. The van der Waals surface area contributed by atoms with E-state index in [0.717, 1.165) is 25.2 Å². The van der Waals surface area contributed by atoms with Crippen LogP contribution in [-0.4, -0.2) is 40.6 Å². The lowest BCUT2D eigenvalue weighted by Crippen LogP contribution is -2.37. The van der Waals surface area contributed by atoms with Crippen molar-refractivity contribution in [2.45, 2.75) is 26.1 Å². The van der Waals surface area contributed by atoms with E-state index in [2.05, 4.69) is 53.0 Å². The second-order valence-electron chi connectivity index (χ2n) is 6.12. The maximum Gasteiger partial charge on any atom is 0.354 e. The number of likely N-dealkylation sites (N-methyl/N-ethyl adjacent to an activating group) is 1. The normalized spacial score (nSPS) is 18.3. The Labute approximate surface area is 136 Å². The Bertz CT molecular complexity index is 700. The van der Waals surface area contributed by atoms with Gasteiger partial charge in [0.15, 0.2) is 0 Å². The molecule has 0 fully saturated rings. The third-order valence-electron chi connectivity index (χ3n) is 4.37. The molecule has 23 heavy (non-hydrogen) atoms. The fourth-order valence-corrected chi connectivity index (χ4v) is 3.09. The summed E-state index contributed by atoms with van der Waals surface area (Å²) in [6.45, 7) is 4.82. The zero-order valence-corrected chi connectivity index (χ0v) is 13.4. The van der Waals surface area contributed by atoms with Crippen LogP contribution in [0.2, 0.25) is 0 Å². The molecule has 5 heteroatoms. The Kier molecular flexibility index (Phi) is 4.30. The van der Waals surface area contributed by atoms with Gasteiger partial charge in [0.1, 0.15) is 5.69 Å². The van der Waals surface area contributed by atoms with Gasteiger partial charge in [0.05, 0.1) is 0 Å². The predicted molar refractivity (Wildman–Crippen MR) is 89.6 cm³/mol. The van der Waals surface area contributed by atoms with Gasteiger partial charge in [-0.25, -0.2) is 9.78 Å². The molecule has 5 nitrogen and oxygen atoms in total. The molecule has 1 aromatic carbocycles. The molecule has 0 unspecified atom stereocenters. The molecule has 0 amide bonds. The van der Waals surface area contributed by atoms with E-state index in [0.29, 0.717) is 6.04 Å². The van der Waals surface area contributed by atoms with E-state index in [1.165, 1.54) is 11.3 Å². The summed E-state index contributed by atoms with van der Waals surface area (Å²) in [4.78, 5) is 19.6. The van der Waals surface area contributed by atoms with Gasteiger partial charge in [-0.3, -0.25) is 4.90 Å². The molecule has 1 aliphatic rings. The van der Waals surface area contributed by atoms with E-state index in [-0.39, 0.29) is 5.69 Å². The lowest BCUT2D eigenvalue weighted by atomic mass is 10.1. The number of aromatic nitrogens is 1. The maximum atomic E-state index is 10.9. The first-order valence-electron chi connectivity index (χ1n) is 7.76. The number of hydrogen-bond donors (Lipinski definition) is 1. The molecule has 0 aliphatic carbocycles. The highest BCUT2D eigenvalue weighted by atomic mass is 16.4. The summed E-state index contributed by atoms with van der Waals surface area (Å²) in [5.41, 5.74) is 3.71. The lowest BCUT2D eigenvalue weighted by Gasteiger charge is -2.28. The van der Waals surface area contributed by atoms with Crippen molar-refractivity contribution < 1.29 is 9.90 Å². The van der Waals surface area contributed by atoms with Gasteiger partial charge in [-0.1, -0.05) is 24.3 Å². The predicted octanol–water partition coefficient (Wildman–Crippen LogP) is 2.62. The molecule has 1 aliphatic heterocycles. The molecule has 120 valence electrons. The Morgan fingerprint density at radius 3 is 2.78 bits per heavy atom. The largest absolute Gasteiger partial charge is 0.477 e. The first-order chi connectivity index (χ1) is 11.0. The van der Waals surface area contributed by atoms with Crippen molar-refractivity contribution in [2.24, 2.45) is 0 Å². The van der Waals surface area contributed by atoms with Crippen LogP contribution in [0.15, 0.2) is 42.6 Å². The number of hydrogen-bond acceptors (Lipinski definition) is 4. The summed E-state index contributed by atoms with van der Waals surface area (Å²) in [5, 5.41) is 8.94. The van der Waals surface area contributed by atoms with Crippen LogP contribution in [0.1, 0.15) is 28.5 Å². The van der Waals surface area contributed by atoms with Gasteiger partial charge in [-0.15, -0.1) is 0 Å². The Balaban J connectivity index is 1.80. The monoisotopic (exact) mass is 311 g/mol. The molecule has 1 atom stereocenters. The van der Waals surface area contributed by atoms with Crippen LogP contribution in [0.5, 0.6) is 0 Å². The summed E-state index contributed by atoms with van der Waals surface area (Å²) < 4.78 is 0. The Morgan fingerprint density at radius 1 is 1.30 bits per heavy atom. The molecule has 1 N–H and O–H groups in total. The van der Waals surface area contributed by atoms with E-state index in [4.69, 9.17) is 5.11 Å². The second kappa shape index (κ2) is 6.38. The molecule has 0 saturated heterocycles. The van der Waals surface area contributed by atoms with Crippen LogP contribution in [0, 0.1) is 0 Å². The second-order valence-corrected chi connectivity index (χ2v) is 6.12. The standard InChI is InChI=1S/C18H21N3O2/c1-13-10-20(2)17-6-4-3-5-15(17)12-21(13)11-14-7-8-16(18(22)23)19-9-14/h3-9,13H,10-12H2,1-2H3,(H,22,23)/t13-/m0/s1. The molecule has 1 aromatic heterocycles. The van der Waals surface area contributed by atoms with Gasteiger partial charge in [0, 0.05) is 44.6 Å². The van der Waals surface area contributed by atoms with Crippen molar-refractivity contribution >= 4 is 11.7 Å². The Morgan fingerprint density at radius 2 is 2.09 bits per heavy atom. The number of pyridine rings is 1. The molecule has 0 radical (unpaired) electrons. The number of para-hydroxylation sites is 1. The van der Waals surface area contributed by atoms with Crippen LogP contribution >= 0.6 is 0 Å². The minimum Gasteiger partial charge on any atom is -0.477 e. The molecule has 0 bridgehead atoms. The number of nitrogens with zero attached hydrogens (tertiary/aromatic N) is 3. The number of aromatic carboxylic acids is 1. The van der Waals surface area contributed by atoms with Crippen LogP contribution < -0.4 is 4.90 Å². The minimum atomic E-state index is -0.991. The van der Waals surface area contributed by atoms with E-state index in [9.17, 15) is 4.79 Å². The quantitative estimate of drug-likeness (QED) is 0.944. The van der Waals surface area contributed by atoms with Crippen molar-refractivity contribution in [1.82, 2.24) is 9.88 Å². The van der Waals surface area contributed by atoms with Gasteiger partial charge < -0.3 is 10.0 Å². The number of carboxylic acid groups (broad SMARTS) is 1. The first-order valence-corrected chi connectivity index (χ1v) is 7.76. The van der Waals surface area contributed by atoms with Crippen LogP contribution in [0.4, 0.5) is 5.69 Å². The minimum absolute atomic E-state index is 0.0859. The molecule has 2 aromatic rings. The summed E-state index contributed by atoms with van der Waals surface area (Å²) >= 11 is 0. The van der Waals surface area contributed by atoms with Crippen molar-refractivity contribution in [2.75, 3.05) is 18.5 Å². The fraction of sp³-hybridized carbons (Fsp3) is 0.333. The topological polar surface area (TPSA) is 56.7 Å². The van der Waals surface area contributed by atoms with Gasteiger partial charge in [0.2, 0.25) is 0 Å². The summed E-state index contributed by atoms with van der Waals surface area (Å²) in [6.07, 6.45) is 1.66. The zero-order chi connectivity index (χ0) is 16.4. The number of rotatable bonds is 3. The average molecular weight is 311 g/mol. The lowest BCUT2D eigenvalue weighted by molar-refractivity contribution is 0.0690. The van der Waals surface area contributed by atoms with Gasteiger partial charge in [-0.2, -0.15) is 0 Å². The number of carboxylic acids is 1. The molecule has 0 spiro atoms. The van der Waals surface area contributed by atoms with Crippen LogP contribution in [-0.2, 0) is 13.1 Å². The van der Waals surface area contributed by atoms with E-state index in [1.807, 2.05) is 6.07 Å². The molecule has 2 heterocycles. The van der Waals surface area contributed by atoms with Crippen molar-refractivity contribution in [1.29, 1.82) is 0 Å². The third kappa shape index (κ3) is 3.35. The SMILES string of the molecule is C[C@H]1CN(C)c2ccccc2CN1Cc1ccc(C(=O)O)nc1. The Hall–Kier alpha value is -2.40. The maximum absolute atomic E-state index is 10.9. The summed E-state index contributed by atoms with van der Waals surface area (Å²) in [7, 11) is 2.13. The average Bonchev–Trinajstić information content (AvgIpc) is 2.65. The number of anilines is 1. The number of benzene rings is 1. The van der Waals surface area contributed by atoms with Crippen molar-refractivity contribution in [3.8, 4) is 0 Å². The highest BCUT2D eigenvalue weighted by molar-refractivity contribution is 5.85. The third-order valence-corrected chi connectivity index (χ3v) is 4.37. The molecular formula is C18H21N3O2. The fourth-order valence-electron chi connectivity index (χ4n) is 3.09. The van der Waals surface area contributed by atoms with E-state index < -0.39 is 5.97 Å². The van der Waals surface area contributed by atoms with Crippen LogP contribution in [0.25, 0.3) is 0 Å². The van der Waals surface area contributed by atoms with Crippen LogP contribution in [0.3, 0.4) is 0 Å². The number of carbonyl (C=O) groups is 1. The first kappa shape index (κ1) is 15.5. The molecule has 3 rings (SSSR count). The van der Waals surface area contributed by atoms with E-state index >= 15 is 0 Å². The van der Waals surface area contributed by atoms with E-state index in [1.54, 1.807) is 12.3 Å².